The number of furan rings is 1. The first-order valence-electron chi connectivity index (χ1n) is 21.1. The van der Waals surface area contributed by atoms with Crippen molar-refractivity contribution in [2.24, 2.45) is 0 Å². The third-order valence-corrected chi connectivity index (χ3v) is 12.2. The molecule has 0 saturated carbocycles. The topological polar surface area (TPSA) is 56.7 Å². The molecule has 0 saturated heterocycles. The average molecular weight is 795 g/mol. The summed E-state index contributed by atoms with van der Waals surface area (Å²) in [6.07, 6.45) is 9.36. The molecule has 5 nitrogen and oxygen atoms in total. The zero-order valence-corrected chi connectivity index (χ0v) is 33.7. The van der Waals surface area contributed by atoms with E-state index in [1.165, 1.54) is 21.9 Å². The van der Waals surface area contributed by atoms with E-state index in [0.29, 0.717) is 11.6 Å². The Morgan fingerprint density at radius 2 is 1.08 bits per heavy atom. The average Bonchev–Trinajstić information content (AvgIpc) is 3.90. The van der Waals surface area contributed by atoms with E-state index in [1.54, 1.807) is 0 Å². The molecule has 0 bridgehead atoms. The van der Waals surface area contributed by atoms with Crippen LogP contribution in [0.2, 0.25) is 0 Å². The maximum absolute atomic E-state index is 6.63. The molecule has 0 N–H and O–H groups in total. The lowest BCUT2D eigenvalue weighted by molar-refractivity contribution is 0.670. The first-order chi connectivity index (χ1) is 30.7. The third-order valence-electron chi connectivity index (χ3n) is 12.2. The summed E-state index contributed by atoms with van der Waals surface area (Å²) in [4.78, 5) is 15.2. The van der Waals surface area contributed by atoms with Gasteiger partial charge in [0.25, 0.3) is 0 Å². The van der Waals surface area contributed by atoms with Crippen LogP contribution in [0.15, 0.2) is 217 Å². The molecule has 0 aliphatic heterocycles. The van der Waals surface area contributed by atoms with Crippen molar-refractivity contribution in [2.45, 2.75) is 12.3 Å². The van der Waals surface area contributed by atoms with E-state index in [9.17, 15) is 0 Å². The summed E-state index contributed by atoms with van der Waals surface area (Å²) < 4.78 is 9.00. The van der Waals surface area contributed by atoms with Gasteiger partial charge in [0.2, 0.25) is 0 Å². The van der Waals surface area contributed by atoms with Crippen LogP contribution in [-0.4, -0.2) is 19.5 Å². The SMILES string of the molecule is C1=CCC(c2nc(-c3ccccc3)nc(-c3cccc(-n4c5ccccc5c5ccc(-c6ccc7oc8c(-c9ccc(-c%10ccccc%10)cc9)cccc8c7c6)cc54)c3)n2)C=C1. The van der Waals surface area contributed by atoms with Crippen molar-refractivity contribution in [2.75, 3.05) is 0 Å². The van der Waals surface area contributed by atoms with Gasteiger partial charge in [-0.15, -0.1) is 0 Å². The highest BCUT2D eigenvalue weighted by atomic mass is 16.3. The molecule has 3 aromatic heterocycles. The lowest BCUT2D eigenvalue weighted by atomic mass is 9.98. The molecule has 62 heavy (non-hydrogen) atoms. The molecule has 292 valence electrons. The Morgan fingerprint density at radius 1 is 0.435 bits per heavy atom. The van der Waals surface area contributed by atoms with Crippen LogP contribution >= 0.6 is 0 Å². The van der Waals surface area contributed by atoms with Gasteiger partial charge in [-0.3, -0.25) is 0 Å². The predicted octanol–water partition coefficient (Wildman–Crippen LogP) is 14.8. The molecule has 12 rings (SSSR count). The Balaban J connectivity index is 0.954. The first kappa shape index (κ1) is 35.8. The predicted molar refractivity (Wildman–Crippen MR) is 254 cm³/mol. The van der Waals surface area contributed by atoms with Crippen molar-refractivity contribution in [1.82, 2.24) is 19.5 Å². The maximum Gasteiger partial charge on any atom is 0.163 e. The molecule has 5 heteroatoms. The Hall–Kier alpha value is -8.15. The van der Waals surface area contributed by atoms with Gasteiger partial charge in [0.1, 0.15) is 17.0 Å². The van der Waals surface area contributed by atoms with Gasteiger partial charge in [-0.25, -0.2) is 15.0 Å². The highest BCUT2D eigenvalue weighted by molar-refractivity contribution is 6.12. The fourth-order valence-corrected chi connectivity index (χ4v) is 9.07. The van der Waals surface area contributed by atoms with Crippen molar-refractivity contribution < 1.29 is 4.42 Å². The van der Waals surface area contributed by atoms with Crippen molar-refractivity contribution in [3.05, 3.63) is 218 Å². The lowest BCUT2D eigenvalue weighted by Crippen LogP contribution is -2.08. The number of para-hydroxylation sites is 2. The van der Waals surface area contributed by atoms with Gasteiger partial charge in [-0.2, -0.15) is 0 Å². The molecular formula is C57H38N4O. The van der Waals surface area contributed by atoms with Crippen LogP contribution in [0.4, 0.5) is 0 Å². The second kappa shape index (κ2) is 14.8. The van der Waals surface area contributed by atoms with Gasteiger partial charge >= 0.3 is 0 Å². The molecule has 1 atom stereocenters. The van der Waals surface area contributed by atoms with Crippen LogP contribution in [0.3, 0.4) is 0 Å². The minimum Gasteiger partial charge on any atom is -0.455 e. The Bertz CT molecular complexity index is 3540. The highest BCUT2D eigenvalue weighted by Gasteiger charge is 2.20. The van der Waals surface area contributed by atoms with E-state index < -0.39 is 0 Å². The zero-order valence-electron chi connectivity index (χ0n) is 33.7. The molecule has 1 aliphatic rings. The summed E-state index contributed by atoms with van der Waals surface area (Å²) in [5, 5.41) is 4.59. The third kappa shape index (κ3) is 6.22. The fourth-order valence-electron chi connectivity index (χ4n) is 9.07. The lowest BCUT2D eigenvalue weighted by Gasteiger charge is -2.15. The number of allylic oxidation sites excluding steroid dienone is 4. The Labute approximate surface area is 358 Å². The van der Waals surface area contributed by atoms with Gasteiger partial charge in [0.05, 0.1) is 11.0 Å². The molecule has 0 fully saturated rings. The van der Waals surface area contributed by atoms with Gasteiger partial charge in [-0.05, 0) is 70.6 Å². The molecule has 0 radical (unpaired) electrons. The minimum absolute atomic E-state index is 0.0852. The van der Waals surface area contributed by atoms with Crippen LogP contribution in [-0.2, 0) is 0 Å². The van der Waals surface area contributed by atoms with Gasteiger partial charge < -0.3 is 8.98 Å². The quantitative estimate of drug-likeness (QED) is 0.161. The first-order valence-corrected chi connectivity index (χ1v) is 21.1. The van der Waals surface area contributed by atoms with Crippen LogP contribution in [0.5, 0.6) is 0 Å². The van der Waals surface area contributed by atoms with Crippen LogP contribution in [0.1, 0.15) is 18.2 Å². The summed E-state index contributed by atoms with van der Waals surface area (Å²) in [6, 6.07) is 66.5. The van der Waals surface area contributed by atoms with E-state index in [1.807, 2.05) is 24.3 Å². The standard InChI is InChI=1S/C57H38N4O/c1-4-14-37(15-5-1)38-26-28-39(29-27-38)46-23-13-24-49-50-35-42(31-33-53(50)62-54(46)49)43-30-32-48-47-22-10-11-25-51(47)61(52(48)36-43)45-21-12-20-44(34-45)57-59-55(40-16-6-2-7-17-40)58-56(60-57)41-18-8-3-9-19-41/h1-18,20-36,41H,19H2. The molecule has 0 spiro atoms. The zero-order chi connectivity index (χ0) is 41.0. The van der Waals surface area contributed by atoms with Crippen LogP contribution in [0, 0.1) is 0 Å². The molecular weight excluding hydrogens is 757 g/mol. The van der Waals surface area contributed by atoms with Crippen LogP contribution < -0.4 is 0 Å². The summed E-state index contributed by atoms with van der Waals surface area (Å²) in [6.45, 7) is 0. The van der Waals surface area contributed by atoms with Crippen molar-refractivity contribution in [3.63, 3.8) is 0 Å². The van der Waals surface area contributed by atoms with E-state index >= 15 is 0 Å². The number of benzene rings is 8. The number of rotatable bonds is 7. The Morgan fingerprint density at radius 3 is 1.90 bits per heavy atom. The monoisotopic (exact) mass is 794 g/mol. The second-order valence-electron chi connectivity index (χ2n) is 15.9. The largest absolute Gasteiger partial charge is 0.455 e. The van der Waals surface area contributed by atoms with E-state index in [4.69, 9.17) is 19.4 Å². The number of hydrogen-bond acceptors (Lipinski definition) is 4. The molecule has 1 unspecified atom stereocenters. The van der Waals surface area contributed by atoms with E-state index in [0.717, 1.165) is 84.3 Å². The normalized spacial score (nSPS) is 13.8. The van der Waals surface area contributed by atoms with Crippen molar-refractivity contribution in [1.29, 1.82) is 0 Å². The molecule has 1 aliphatic carbocycles. The number of hydrogen-bond donors (Lipinski definition) is 0. The smallest absolute Gasteiger partial charge is 0.163 e. The molecule has 0 amide bonds. The summed E-state index contributed by atoms with van der Waals surface area (Å²) in [5.74, 6) is 2.20. The van der Waals surface area contributed by atoms with E-state index in [2.05, 4.69) is 193 Å². The number of nitrogens with zero attached hydrogens (tertiary/aromatic N) is 4. The van der Waals surface area contributed by atoms with Gasteiger partial charge in [0.15, 0.2) is 11.6 Å². The number of aromatic nitrogens is 4. The van der Waals surface area contributed by atoms with Gasteiger partial charge in [0, 0.05) is 49.8 Å². The second-order valence-corrected chi connectivity index (χ2v) is 15.9. The summed E-state index contributed by atoms with van der Waals surface area (Å²) in [7, 11) is 0. The molecule has 11 aromatic rings. The molecule has 3 heterocycles. The minimum atomic E-state index is 0.0852. The van der Waals surface area contributed by atoms with Crippen LogP contribution in [0.25, 0.3) is 106 Å². The number of fused-ring (bicyclic) bond motifs is 6. The fraction of sp³-hybridized carbons (Fsp3) is 0.0351. The van der Waals surface area contributed by atoms with Crippen molar-refractivity contribution in [3.8, 4) is 61.8 Å². The Kier molecular flexibility index (Phi) is 8.56. The summed E-state index contributed by atoms with van der Waals surface area (Å²) in [5.41, 5.74) is 13.8. The summed E-state index contributed by atoms with van der Waals surface area (Å²) >= 11 is 0. The maximum atomic E-state index is 6.63. The molecule has 8 aromatic carbocycles. The van der Waals surface area contributed by atoms with Crippen molar-refractivity contribution >= 4 is 43.7 Å². The van der Waals surface area contributed by atoms with E-state index in [-0.39, 0.29) is 5.92 Å². The van der Waals surface area contributed by atoms with Gasteiger partial charge in [-0.1, -0.05) is 176 Å². The highest BCUT2D eigenvalue weighted by Crippen LogP contribution is 2.40.